The van der Waals surface area contributed by atoms with Crippen molar-refractivity contribution in [2.75, 3.05) is 18.5 Å². The van der Waals surface area contributed by atoms with Crippen LogP contribution in [0.3, 0.4) is 0 Å². The average Bonchev–Trinajstić information content (AvgIpc) is 3.01. The number of aliphatic imine (C=N–C) groups is 1. The van der Waals surface area contributed by atoms with Gasteiger partial charge in [-0.15, -0.1) is 0 Å². The van der Waals surface area contributed by atoms with Crippen LogP contribution in [0.5, 0.6) is 5.75 Å². The molecule has 0 aromatic heterocycles. The van der Waals surface area contributed by atoms with Crippen LogP contribution in [-0.4, -0.2) is 45.3 Å². The fourth-order valence-electron chi connectivity index (χ4n) is 3.16. The highest BCUT2D eigenvalue weighted by Gasteiger charge is 2.32. The Morgan fingerprint density at radius 1 is 1.12 bits per heavy atom. The highest BCUT2D eigenvalue weighted by molar-refractivity contribution is 7.90. The summed E-state index contributed by atoms with van der Waals surface area (Å²) in [6, 6.07) is 12.3. The zero-order chi connectivity index (χ0) is 23.3. The number of nitrogens with zero attached hydrogens (tertiary/aromatic N) is 1. The Balaban J connectivity index is 1.77. The van der Waals surface area contributed by atoms with E-state index in [1.165, 1.54) is 6.07 Å². The summed E-state index contributed by atoms with van der Waals surface area (Å²) in [6.45, 7) is 5.85. The molecule has 0 unspecified atom stereocenters. The number of benzene rings is 2. The maximum atomic E-state index is 13.0. The number of amidine groups is 1. The van der Waals surface area contributed by atoms with Gasteiger partial charge in [-0.25, -0.2) is 8.42 Å². The zero-order valence-electron chi connectivity index (χ0n) is 18.1. The van der Waals surface area contributed by atoms with Crippen LogP contribution in [0.25, 0.3) is 0 Å². The van der Waals surface area contributed by atoms with Crippen LogP contribution in [-0.2, 0) is 19.6 Å². The summed E-state index contributed by atoms with van der Waals surface area (Å²) < 4.78 is 32.5. The third-order valence-corrected chi connectivity index (χ3v) is 6.07. The van der Waals surface area contributed by atoms with Crippen LogP contribution in [0.15, 0.2) is 58.4 Å². The molecular weight excluding hydrogens is 432 g/mol. The molecule has 3 rings (SSSR count). The summed E-state index contributed by atoms with van der Waals surface area (Å²) >= 11 is 0. The molecule has 2 amide bonds. The molecule has 1 aliphatic heterocycles. The lowest BCUT2D eigenvalue weighted by Gasteiger charge is -2.17. The van der Waals surface area contributed by atoms with Gasteiger partial charge < -0.3 is 15.4 Å². The molecule has 0 spiro atoms. The molecule has 1 aliphatic rings. The topological polar surface area (TPSA) is 126 Å². The first kappa shape index (κ1) is 23.3. The first-order valence-corrected chi connectivity index (χ1v) is 11.7. The van der Waals surface area contributed by atoms with E-state index in [2.05, 4.69) is 20.3 Å². The summed E-state index contributed by atoms with van der Waals surface area (Å²) in [4.78, 5) is 29.1. The number of nitrogens with one attached hydrogen (secondary N) is 3. The SMILES string of the molecule is CCNC(=O)COc1cccc(NC(=O)[C@@H](N=C2NS(=O)(=O)c3ccccc32)C(C)C)c1. The van der Waals surface area contributed by atoms with Crippen molar-refractivity contribution in [2.45, 2.75) is 31.7 Å². The monoisotopic (exact) mass is 458 g/mol. The van der Waals surface area contributed by atoms with Crippen molar-refractivity contribution < 1.29 is 22.7 Å². The van der Waals surface area contributed by atoms with Crippen LogP contribution in [0, 0.1) is 5.92 Å². The minimum absolute atomic E-state index is 0.132. The molecule has 2 aromatic carbocycles. The molecule has 170 valence electrons. The van der Waals surface area contributed by atoms with Crippen molar-refractivity contribution in [1.29, 1.82) is 0 Å². The third-order valence-electron chi connectivity index (χ3n) is 4.68. The zero-order valence-corrected chi connectivity index (χ0v) is 18.9. The average molecular weight is 459 g/mol. The molecule has 0 bridgehead atoms. The standard InChI is InChI=1S/C22H26N4O5S/c1-4-23-19(27)13-31-16-9-7-8-15(12-16)24-22(28)20(14(2)3)25-21-17-10-5-6-11-18(17)32(29,30)26-21/h5-12,14,20H,4,13H2,1-3H3,(H,23,27)(H,24,28)(H,25,26)/t20-/m0/s1. The van der Waals surface area contributed by atoms with Gasteiger partial charge in [-0.2, -0.15) is 0 Å². The number of hydrogen-bond donors (Lipinski definition) is 3. The minimum Gasteiger partial charge on any atom is -0.484 e. The second kappa shape index (κ2) is 9.82. The van der Waals surface area contributed by atoms with Crippen LogP contribution < -0.4 is 20.1 Å². The van der Waals surface area contributed by atoms with Gasteiger partial charge in [-0.1, -0.05) is 32.0 Å². The minimum atomic E-state index is -3.70. The summed E-state index contributed by atoms with van der Waals surface area (Å²) in [5.74, 6) is -0.252. The van der Waals surface area contributed by atoms with Gasteiger partial charge in [0.15, 0.2) is 6.61 Å². The van der Waals surface area contributed by atoms with Gasteiger partial charge >= 0.3 is 0 Å². The lowest BCUT2D eigenvalue weighted by Crippen LogP contribution is -2.34. The Morgan fingerprint density at radius 3 is 2.59 bits per heavy atom. The van der Waals surface area contributed by atoms with Crippen LogP contribution in [0.4, 0.5) is 5.69 Å². The van der Waals surface area contributed by atoms with Crippen molar-refractivity contribution >= 4 is 33.4 Å². The van der Waals surface area contributed by atoms with E-state index in [-0.39, 0.29) is 29.2 Å². The van der Waals surface area contributed by atoms with Crippen molar-refractivity contribution in [2.24, 2.45) is 10.9 Å². The normalized spacial score (nSPS) is 16.2. The molecule has 1 atom stereocenters. The molecule has 1 heterocycles. The fourth-order valence-corrected chi connectivity index (χ4v) is 4.40. The second-order valence-electron chi connectivity index (χ2n) is 7.53. The number of amides is 2. The van der Waals surface area contributed by atoms with Gasteiger partial charge in [0.25, 0.3) is 15.9 Å². The van der Waals surface area contributed by atoms with Gasteiger partial charge in [0.05, 0.1) is 4.90 Å². The van der Waals surface area contributed by atoms with E-state index in [1.807, 2.05) is 20.8 Å². The van der Waals surface area contributed by atoms with Gasteiger partial charge in [0.1, 0.15) is 17.6 Å². The van der Waals surface area contributed by atoms with Gasteiger partial charge in [-0.05, 0) is 37.1 Å². The molecule has 0 saturated heterocycles. The molecule has 0 fully saturated rings. The number of ether oxygens (including phenoxy) is 1. The predicted molar refractivity (Wildman–Crippen MR) is 121 cm³/mol. The van der Waals surface area contributed by atoms with Gasteiger partial charge in [0, 0.05) is 23.9 Å². The largest absolute Gasteiger partial charge is 0.484 e. The summed E-state index contributed by atoms with van der Waals surface area (Å²) in [6.07, 6.45) is 0. The molecule has 10 heteroatoms. The van der Waals surface area contributed by atoms with E-state index in [4.69, 9.17) is 4.74 Å². The van der Waals surface area contributed by atoms with Crippen molar-refractivity contribution in [3.05, 3.63) is 54.1 Å². The smallest absolute Gasteiger partial charge is 0.263 e. The van der Waals surface area contributed by atoms with E-state index in [1.54, 1.807) is 42.5 Å². The van der Waals surface area contributed by atoms with Crippen molar-refractivity contribution in [1.82, 2.24) is 10.0 Å². The van der Waals surface area contributed by atoms with Gasteiger partial charge in [0.2, 0.25) is 5.91 Å². The highest BCUT2D eigenvalue weighted by Crippen LogP contribution is 2.24. The number of fused-ring (bicyclic) bond motifs is 1. The molecule has 2 aromatic rings. The number of likely N-dealkylation sites (N-methyl/N-ethyl adjacent to an activating group) is 1. The molecule has 9 nitrogen and oxygen atoms in total. The molecule has 32 heavy (non-hydrogen) atoms. The van der Waals surface area contributed by atoms with E-state index < -0.39 is 22.0 Å². The number of carbonyl (C=O) groups excluding carboxylic acids is 2. The van der Waals surface area contributed by atoms with Crippen LogP contribution >= 0.6 is 0 Å². The second-order valence-corrected chi connectivity index (χ2v) is 9.18. The van der Waals surface area contributed by atoms with Gasteiger partial charge in [-0.3, -0.25) is 19.3 Å². The molecule has 3 N–H and O–H groups in total. The first-order chi connectivity index (χ1) is 15.2. The molecule has 0 aliphatic carbocycles. The van der Waals surface area contributed by atoms with E-state index in [9.17, 15) is 18.0 Å². The Kier molecular flexibility index (Phi) is 7.14. The van der Waals surface area contributed by atoms with E-state index in [0.29, 0.717) is 23.5 Å². The lowest BCUT2D eigenvalue weighted by molar-refractivity contribution is -0.123. The van der Waals surface area contributed by atoms with Crippen molar-refractivity contribution in [3.8, 4) is 5.75 Å². The summed E-state index contributed by atoms with van der Waals surface area (Å²) in [7, 11) is -3.70. The first-order valence-electron chi connectivity index (χ1n) is 10.2. The maximum absolute atomic E-state index is 13.0. The summed E-state index contributed by atoms with van der Waals surface area (Å²) in [5, 5.41) is 5.43. The molecule has 0 radical (unpaired) electrons. The van der Waals surface area contributed by atoms with Crippen LogP contribution in [0.2, 0.25) is 0 Å². The van der Waals surface area contributed by atoms with E-state index >= 15 is 0 Å². The number of rotatable bonds is 8. The quantitative estimate of drug-likeness (QED) is 0.557. The number of carbonyl (C=O) groups is 2. The van der Waals surface area contributed by atoms with Crippen molar-refractivity contribution in [3.63, 3.8) is 0 Å². The van der Waals surface area contributed by atoms with E-state index in [0.717, 1.165) is 0 Å². The highest BCUT2D eigenvalue weighted by atomic mass is 32.2. The maximum Gasteiger partial charge on any atom is 0.263 e. The van der Waals surface area contributed by atoms with Crippen LogP contribution in [0.1, 0.15) is 26.3 Å². The number of anilines is 1. The Bertz CT molecular complexity index is 1140. The molecule has 0 saturated carbocycles. The third kappa shape index (κ3) is 5.44. The Hall–Kier alpha value is -3.40. The number of sulfonamides is 1. The fraction of sp³-hybridized carbons (Fsp3) is 0.318. The predicted octanol–water partition coefficient (Wildman–Crippen LogP) is 1.90. The Labute approximate surface area is 187 Å². The Morgan fingerprint density at radius 2 is 1.88 bits per heavy atom. The number of hydrogen-bond acceptors (Lipinski definition) is 6. The molecular formula is C22H26N4O5S. The summed E-state index contributed by atoms with van der Waals surface area (Å²) in [5.41, 5.74) is 0.911. The lowest BCUT2D eigenvalue weighted by atomic mass is 10.0.